The van der Waals surface area contributed by atoms with Crippen molar-refractivity contribution in [3.8, 4) is 0 Å². The Labute approximate surface area is 153 Å². The molecule has 138 valence electrons. The Hall–Kier alpha value is -1.40. The maximum Gasteiger partial charge on any atom is 0.254 e. The zero-order chi connectivity index (χ0) is 18.2. The van der Waals surface area contributed by atoms with E-state index in [2.05, 4.69) is 26.1 Å². The normalized spacial score (nSPS) is 23.3. The molecule has 0 radical (unpaired) electrons. The van der Waals surface area contributed by atoms with E-state index in [4.69, 9.17) is 10.5 Å². The summed E-state index contributed by atoms with van der Waals surface area (Å²) < 4.78 is 5.44. The molecule has 25 heavy (non-hydrogen) atoms. The average molecular weight is 365 g/mol. The van der Waals surface area contributed by atoms with Gasteiger partial charge >= 0.3 is 0 Å². The van der Waals surface area contributed by atoms with Crippen LogP contribution < -0.4 is 11.1 Å². The summed E-state index contributed by atoms with van der Waals surface area (Å²) in [6.45, 7) is 7.47. The average Bonchev–Trinajstić information content (AvgIpc) is 3.21. The maximum atomic E-state index is 12.4. The lowest BCUT2D eigenvalue weighted by molar-refractivity contribution is -0.124. The number of hydrogen-bond donors (Lipinski definition) is 2. The summed E-state index contributed by atoms with van der Waals surface area (Å²) in [5.74, 6) is -0.0246. The van der Waals surface area contributed by atoms with Crippen molar-refractivity contribution < 1.29 is 14.3 Å². The molecule has 0 saturated carbocycles. The second kappa shape index (κ2) is 7.08. The quantitative estimate of drug-likeness (QED) is 0.839. The van der Waals surface area contributed by atoms with Crippen molar-refractivity contribution in [3.05, 3.63) is 16.0 Å². The second-order valence-electron chi connectivity index (χ2n) is 7.84. The van der Waals surface area contributed by atoms with Gasteiger partial charge in [0, 0.05) is 11.5 Å². The highest BCUT2D eigenvalue weighted by molar-refractivity contribution is 7.17. The lowest BCUT2D eigenvalue weighted by Gasteiger charge is -2.36. The highest BCUT2D eigenvalue weighted by Crippen LogP contribution is 2.45. The third-order valence-electron chi connectivity index (χ3n) is 5.99. The molecule has 2 heterocycles. The number of nitrogens with two attached hydrogens (primary N) is 1. The predicted molar refractivity (Wildman–Crippen MR) is 100 cm³/mol. The Kier molecular flexibility index (Phi) is 5.21. The van der Waals surface area contributed by atoms with Crippen molar-refractivity contribution in [2.45, 2.75) is 65.4 Å². The van der Waals surface area contributed by atoms with E-state index in [0.717, 1.165) is 44.1 Å². The molecule has 2 atom stereocenters. The van der Waals surface area contributed by atoms with E-state index < -0.39 is 12.0 Å². The molecule has 1 aromatic heterocycles. The predicted octanol–water partition coefficient (Wildman–Crippen LogP) is 3.51. The number of rotatable bonds is 5. The van der Waals surface area contributed by atoms with Crippen LogP contribution in [0.3, 0.4) is 0 Å². The fourth-order valence-corrected chi connectivity index (χ4v) is 5.20. The summed E-state index contributed by atoms with van der Waals surface area (Å²) in [7, 11) is 0. The van der Waals surface area contributed by atoms with Crippen LogP contribution in [-0.2, 0) is 22.4 Å². The number of carbonyl (C=O) groups excluding carboxylic acids is 2. The van der Waals surface area contributed by atoms with E-state index in [1.165, 1.54) is 16.2 Å². The van der Waals surface area contributed by atoms with E-state index in [0.29, 0.717) is 23.1 Å². The van der Waals surface area contributed by atoms with Crippen LogP contribution in [0.25, 0.3) is 0 Å². The number of carbonyl (C=O) groups is 2. The Morgan fingerprint density at radius 3 is 2.72 bits per heavy atom. The molecule has 0 bridgehead atoms. The van der Waals surface area contributed by atoms with E-state index >= 15 is 0 Å². The van der Waals surface area contributed by atoms with Gasteiger partial charge in [-0.25, -0.2) is 0 Å². The minimum atomic E-state index is -0.451. The van der Waals surface area contributed by atoms with Crippen molar-refractivity contribution in [3.63, 3.8) is 0 Å². The largest absolute Gasteiger partial charge is 0.368 e. The Balaban J connectivity index is 1.85. The van der Waals surface area contributed by atoms with Crippen LogP contribution in [0.15, 0.2) is 0 Å². The highest BCUT2D eigenvalue weighted by atomic mass is 32.1. The van der Waals surface area contributed by atoms with Crippen LogP contribution in [-0.4, -0.2) is 24.5 Å². The van der Waals surface area contributed by atoms with Gasteiger partial charge in [0.25, 0.3) is 11.8 Å². The SMILES string of the molecule is CCC(C)(C)C1CCc2c(sc(NC(=O)C3CCCO3)c2C(N)=O)C1. The first-order valence-electron chi connectivity index (χ1n) is 9.20. The van der Waals surface area contributed by atoms with Gasteiger partial charge in [0.15, 0.2) is 0 Å². The topological polar surface area (TPSA) is 81.4 Å². The highest BCUT2D eigenvalue weighted by Gasteiger charge is 2.35. The first-order valence-corrected chi connectivity index (χ1v) is 10.0. The summed E-state index contributed by atoms with van der Waals surface area (Å²) in [6, 6.07) is 0. The number of ether oxygens (including phenoxy) is 1. The first-order chi connectivity index (χ1) is 11.8. The molecule has 1 aliphatic carbocycles. The molecule has 3 rings (SSSR count). The van der Waals surface area contributed by atoms with Crippen molar-refractivity contribution in [2.75, 3.05) is 11.9 Å². The minimum Gasteiger partial charge on any atom is -0.368 e. The molecule has 1 saturated heterocycles. The summed E-state index contributed by atoms with van der Waals surface area (Å²) >= 11 is 1.52. The molecule has 6 heteroatoms. The zero-order valence-corrected chi connectivity index (χ0v) is 16.1. The molecule has 2 amide bonds. The van der Waals surface area contributed by atoms with E-state index in [-0.39, 0.29) is 11.3 Å². The van der Waals surface area contributed by atoms with E-state index in [9.17, 15) is 9.59 Å². The smallest absolute Gasteiger partial charge is 0.254 e. The Morgan fingerprint density at radius 2 is 2.12 bits per heavy atom. The number of fused-ring (bicyclic) bond motifs is 1. The molecule has 1 fully saturated rings. The van der Waals surface area contributed by atoms with Crippen LogP contribution in [0.1, 0.15) is 67.3 Å². The molecule has 0 aromatic carbocycles. The first kappa shape index (κ1) is 18.4. The number of anilines is 1. The van der Waals surface area contributed by atoms with E-state index in [1.54, 1.807) is 0 Å². The van der Waals surface area contributed by atoms with Crippen LogP contribution in [0.4, 0.5) is 5.00 Å². The molecule has 1 aromatic rings. The molecule has 2 unspecified atom stereocenters. The van der Waals surface area contributed by atoms with Crippen LogP contribution in [0.2, 0.25) is 0 Å². The number of hydrogen-bond acceptors (Lipinski definition) is 4. The van der Waals surface area contributed by atoms with Gasteiger partial charge in [-0.15, -0.1) is 11.3 Å². The van der Waals surface area contributed by atoms with Crippen molar-refractivity contribution in [2.24, 2.45) is 17.1 Å². The summed E-state index contributed by atoms with van der Waals surface area (Å²) in [4.78, 5) is 25.6. The Bertz CT molecular complexity index is 674. The second-order valence-corrected chi connectivity index (χ2v) is 8.95. The minimum absolute atomic E-state index is 0.163. The molecule has 2 aliphatic rings. The number of thiophene rings is 1. The molecular formula is C19H28N2O3S. The van der Waals surface area contributed by atoms with Gasteiger partial charge in [0.2, 0.25) is 0 Å². The molecule has 0 spiro atoms. The lowest BCUT2D eigenvalue weighted by atomic mass is 9.69. The zero-order valence-electron chi connectivity index (χ0n) is 15.3. The maximum absolute atomic E-state index is 12.4. The van der Waals surface area contributed by atoms with E-state index in [1.807, 2.05) is 0 Å². The van der Waals surface area contributed by atoms with Crippen LogP contribution >= 0.6 is 11.3 Å². The van der Waals surface area contributed by atoms with Gasteiger partial charge in [0.05, 0.1) is 5.56 Å². The Morgan fingerprint density at radius 1 is 1.36 bits per heavy atom. The van der Waals surface area contributed by atoms with Crippen molar-refractivity contribution >= 4 is 28.2 Å². The van der Waals surface area contributed by atoms with Crippen molar-refractivity contribution in [1.82, 2.24) is 0 Å². The third kappa shape index (κ3) is 3.60. The fourth-order valence-electron chi connectivity index (χ4n) is 3.87. The van der Waals surface area contributed by atoms with Gasteiger partial charge in [-0.1, -0.05) is 27.2 Å². The molecule has 5 nitrogen and oxygen atoms in total. The summed E-state index contributed by atoms with van der Waals surface area (Å²) in [5, 5.41) is 3.52. The van der Waals surface area contributed by atoms with Gasteiger partial charge in [-0.2, -0.15) is 0 Å². The number of primary amides is 1. The molecule has 3 N–H and O–H groups in total. The van der Waals surface area contributed by atoms with Gasteiger partial charge in [0.1, 0.15) is 11.1 Å². The van der Waals surface area contributed by atoms with Crippen LogP contribution in [0, 0.1) is 11.3 Å². The number of amides is 2. The number of nitrogens with one attached hydrogen (secondary N) is 1. The molecular weight excluding hydrogens is 336 g/mol. The summed E-state index contributed by atoms with van der Waals surface area (Å²) in [5.41, 5.74) is 7.48. The monoisotopic (exact) mass is 364 g/mol. The van der Waals surface area contributed by atoms with Crippen molar-refractivity contribution in [1.29, 1.82) is 0 Å². The lowest BCUT2D eigenvalue weighted by Crippen LogP contribution is -2.29. The molecule has 1 aliphatic heterocycles. The van der Waals surface area contributed by atoms with Crippen LogP contribution in [0.5, 0.6) is 0 Å². The third-order valence-corrected chi connectivity index (χ3v) is 7.16. The van der Waals surface area contributed by atoms with Gasteiger partial charge in [-0.05, 0) is 49.0 Å². The fraction of sp³-hybridized carbons (Fsp3) is 0.684. The standard InChI is InChI=1S/C19H28N2O3S/c1-4-19(2,3)11-7-8-12-14(10-11)25-18(15(12)16(20)22)21-17(23)13-6-5-9-24-13/h11,13H,4-10H2,1-3H3,(H2,20,22)(H,21,23). The summed E-state index contributed by atoms with van der Waals surface area (Å²) in [6.07, 6.45) is 5.22. The van der Waals surface area contributed by atoms with Gasteiger partial charge in [-0.3, -0.25) is 9.59 Å². The van der Waals surface area contributed by atoms with Gasteiger partial charge < -0.3 is 15.8 Å².